The Morgan fingerprint density at radius 1 is 1.47 bits per heavy atom. The highest BCUT2D eigenvalue weighted by Crippen LogP contribution is 2.22. The van der Waals surface area contributed by atoms with Crippen molar-refractivity contribution in [1.82, 2.24) is 14.9 Å². The van der Waals surface area contributed by atoms with Crippen LogP contribution < -0.4 is 0 Å². The second-order valence-corrected chi connectivity index (χ2v) is 5.19. The lowest BCUT2D eigenvalue weighted by Gasteiger charge is -2.23. The van der Waals surface area contributed by atoms with E-state index in [0.717, 1.165) is 5.01 Å². The zero-order valence-electron chi connectivity index (χ0n) is 10.8. The highest BCUT2D eigenvalue weighted by atomic mass is 32.1. The van der Waals surface area contributed by atoms with Crippen molar-refractivity contribution >= 4 is 17.3 Å². The molecule has 1 atom stereocenters. The van der Waals surface area contributed by atoms with Gasteiger partial charge >= 0.3 is 5.97 Å². The van der Waals surface area contributed by atoms with E-state index in [-0.39, 0.29) is 11.6 Å². The molecule has 0 bridgehead atoms. The van der Waals surface area contributed by atoms with Crippen LogP contribution in [0, 0.1) is 0 Å². The number of thiazole rings is 1. The summed E-state index contributed by atoms with van der Waals surface area (Å²) in [6.45, 7) is 2.52. The van der Waals surface area contributed by atoms with Gasteiger partial charge in [0.1, 0.15) is 5.01 Å². The molecular weight excluding hydrogens is 262 g/mol. The Balaban J connectivity index is 2.15. The molecule has 5 nitrogen and oxygen atoms in total. The SMILES string of the molecule is C[C@H](c1nccs1)N(C)Cc1ncccc1C(=O)O. The van der Waals surface area contributed by atoms with E-state index >= 15 is 0 Å². The molecule has 0 amide bonds. The maximum Gasteiger partial charge on any atom is 0.337 e. The smallest absolute Gasteiger partial charge is 0.337 e. The molecule has 6 heteroatoms. The van der Waals surface area contributed by atoms with E-state index in [1.54, 1.807) is 35.9 Å². The molecule has 2 rings (SSSR count). The predicted molar refractivity (Wildman–Crippen MR) is 73.2 cm³/mol. The van der Waals surface area contributed by atoms with Crippen LogP contribution in [-0.4, -0.2) is 33.0 Å². The summed E-state index contributed by atoms with van der Waals surface area (Å²) in [4.78, 5) is 21.6. The van der Waals surface area contributed by atoms with E-state index in [0.29, 0.717) is 12.2 Å². The highest BCUT2D eigenvalue weighted by Gasteiger charge is 2.18. The summed E-state index contributed by atoms with van der Waals surface area (Å²) in [6.07, 6.45) is 3.39. The standard InChI is InChI=1S/C13H15N3O2S/c1-9(12-15-6-7-19-12)16(2)8-11-10(13(17)18)4-3-5-14-11/h3-7,9H,8H2,1-2H3,(H,17,18)/t9-/m1/s1. The number of hydrogen-bond donors (Lipinski definition) is 1. The van der Waals surface area contributed by atoms with Gasteiger partial charge in [-0.25, -0.2) is 9.78 Å². The van der Waals surface area contributed by atoms with Gasteiger partial charge in [-0.1, -0.05) is 0 Å². The minimum atomic E-state index is -0.946. The van der Waals surface area contributed by atoms with Crippen LogP contribution in [0.2, 0.25) is 0 Å². The van der Waals surface area contributed by atoms with Crippen LogP contribution >= 0.6 is 11.3 Å². The molecule has 100 valence electrons. The average Bonchev–Trinajstić information content (AvgIpc) is 2.92. The number of nitrogens with zero attached hydrogens (tertiary/aromatic N) is 3. The fourth-order valence-corrected chi connectivity index (χ4v) is 2.52. The van der Waals surface area contributed by atoms with Crippen LogP contribution in [-0.2, 0) is 6.54 Å². The van der Waals surface area contributed by atoms with Crippen LogP contribution in [0.4, 0.5) is 0 Å². The van der Waals surface area contributed by atoms with E-state index in [1.807, 2.05) is 24.3 Å². The number of rotatable bonds is 5. The van der Waals surface area contributed by atoms with Gasteiger partial charge in [0.25, 0.3) is 0 Å². The summed E-state index contributed by atoms with van der Waals surface area (Å²) in [5, 5.41) is 12.1. The second kappa shape index (κ2) is 5.90. The minimum absolute atomic E-state index is 0.128. The lowest BCUT2D eigenvalue weighted by molar-refractivity contribution is 0.0693. The molecule has 0 saturated carbocycles. The first-order valence-corrected chi connectivity index (χ1v) is 6.74. The molecule has 0 aliphatic heterocycles. The fraction of sp³-hybridized carbons (Fsp3) is 0.308. The van der Waals surface area contributed by atoms with Crippen LogP contribution in [0.3, 0.4) is 0 Å². The maximum absolute atomic E-state index is 11.1. The Kier molecular flexibility index (Phi) is 4.24. The fourth-order valence-electron chi connectivity index (χ4n) is 1.76. The number of aromatic carboxylic acids is 1. The first-order chi connectivity index (χ1) is 9.09. The van der Waals surface area contributed by atoms with Gasteiger partial charge in [0, 0.05) is 24.3 Å². The number of carboxylic acid groups (broad SMARTS) is 1. The van der Waals surface area contributed by atoms with Crippen LogP contribution in [0.25, 0.3) is 0 Å². The first kappa shape index (κ1) is 13.6. The van der Waals surface area contributed by atoms with Crippen molar-refractivity contribution in [2.75, 3.05) is 7.05 Å². The van der Waals surface area contributed by atoms with E-state index in [9.17, 15) is 4.79 Å². The molecule has 19 heavy (non-hydrogen) atoms. The van der Waals surface area contributed by atoms with Crippen molar-refractivity contribution in [3.63, 3.8) is 0 Å². The van der Waals surface area contributed by atoms with E-state index < -0.39 is 5.97 Å². The lowest BCUT2D eigenvalue weighted by Crippen LogP contribution is -2.23. The number of pyridine rings is 1. The van der Waals surface area contributed by atoms with Crippen molar-refractivity contribution in [2.45, 2.75) is 19.5 Å². The Labute approximate surface area is 115 Å². The minimum Gasteiger partial charge on any atom is -0.478 e. The van der Waals surface area contributed by atoms with E-state index in [4.69, 9.17) is 5.11 Å². The van der Waals surface area contributed by atoms with Gasteiger partial charge in [0.2, 0.25) is 0 Å². The highest BCUT2D eigenvalue weighted by molar-refractivity contribution is 7.09. The molecule has 2 aromatic rings. The number of carbonyl (C=O) groups is 1. The first-order valence-electron chi connectivity index (χ1n) is 5.86. The van der Waals surface area contributed by atoms with Crippen LogP contribution in [0.1, 0.15) is 34.0 Å². The molecule has 0 saturated heterocycles. The Morgan fingerprint density at radius 2 is 2.26 bits per heavy atom. The quantitative estimate of drug-likeness (QED) is 0.909. The second-order valence-electron chi connectivity index (χ2n) is 4.26. The number of aromatic nitrogens is 2. The van der Waals surface area contributed by atoms with E-state index in [2.05, 4.69) is 9.97 Å². The Bertz CT molecular complexity index is 557. The molecule has 1 N–H and O–H groups in total. The Morgan fingerprint density at radius 3 is 2.89 bits per heavy atom. The molecule has 0 spiro atoms. The third-order valence-corrected chi connectivity index (χ3v) is 3.94. The molecule has 0 fully saturated rings. The van der Waals surface area contributed by atoms with Gasteiger partial charge in [-0.3, -0.25) is 9.88 Å². The molecule has 0 unspecified atom stereocenters. The summed E-state index contributed by atoms with van der Waals surface area (Å²) in [5.41, 5.74) is 0.821. The van der Waals surface area contributed by atoms with Crippen LogP contribution in [0.15, 0.2) is 29.9 Å². The van der Waals surface area contributed by atoms with Gasteiger partial charge in [-0.15, -0.1) is 11.3 Å². The average molecular weight is 277 g/mol. The van der Waals surface area contributed by atoms with Crippen molar-refractivity contribution in [3.05, 3.63) is 46.2 Å². The monoisotopic (exact) mass is 277 g/mol. The summed E-state index contributed by atoms with van der Waals surface area (Å²) < 4.78 is 0. The topological polar surface area (TPSA) is 66.3 Å². The predicted octanol–water partition coefficient (Wildman–Crippen LogP) is 2.43. The van der Waals surface area contributed by atoms with Gasteiger partial charge in [-0.2, -0.15) is 0 Å². The molecule has 0 aromatic carbocycles. The molecule has 0 aliphatic rings. The van der Waals surface area contributed by atoms with E-state index in [1.165, 1.54) is 0 Å². The third-order valence-electron chi connectivity index (χ3n) is 2.99. The Hall–Kier alpha value is -1.79. The van der Waals surface area contributed by atoms with Crippen molar-refractivity contribution in [3.8, 4) is 0 Å². The molecule has 2 aromatic heterocycles. The number of hydrogen-bond acceptors (Lipinski definition) is 5. The van der Waals surface area contributed by atoms with Crippen molar-refractivity contribution in [1.29, 1.82) is 0 Å². The largest absolute Gasteiger partial charge is 0.478 e. The normalized spacial score (nSPS) is 12.6. The number of carboxylic acids is 1. The summed E-state index contributed by atoms with van der Waals surface area (Å²) >= 11 is 1.59. The molecule has 0 radical (unpaired) electrons. The molecular formula is C13H15N3O2S. The molecule has 0 aliphatic carbocycles. The van der Waals surface area contributed by atoms with Gasteiger partial charge in [0.05, 0.1) is 17.3 Å². The van der Waals surface area contributed by atoms with Gasteiger partial charge < -0.3 is 5.11 Å². The zero-order chi connectivity index (χ0) is 13.8. The summed E-state index contributed by atoms with van der Waals surface area (Å²) in [7, 11) is 1.94. The summed E-state index contributed by atoms with van der Waals surface area (Å²) in [6, 6.07) is 3.34. The zero-order valence-corrected chi connectivity index (χ0v) is 11.6. The summed E-state index contributed by atoms with van der Waals surface area (Å²) in [5.74, 6) is -0.946. The maximum atomic E-state index is 11.1. The third kappa shape index (κ3) is 3.15. The lowest BCUT2D eigenvalue weighted by atomic mass is 10.1. The van der Waals surface area contributed by atoms with Crippen molar-refractivity contribution < 1.29 is 9.90 Å². The molecule has 2 heterocycles. The van der Waals surface area contributed by atoms with Gasteiger partial charge in [-0.05, 0) is 26.1 Å². The van der Waals surface area contributed by atoms with Crippen LogP contribution in [0.5, 0.6) is 0 Å². The van der Waals surface area contributed by atoms with Gasteiger partial charge in [0.15, 0.2) is 0 Å². The van der Waals surface area contributed by atoms with Crippen molar-refractivity contribution in [2.24, 2.45) is 0 Å².